The molecule has 26 heavy (non-hydrogen) atoms. The van der Waals surface area contributed by atoms with Crippen LogP contribution in [0, 0.1) is 28.6 Å². The molecule has 0 aromatic carbocycles. The van der Waals surface area contributed by atoms with E-state index in [1.54, 1.807) is 11.9 Å². The topological polar surface area (TPSA) is 46.0 Å². The van der Waals surface area contributed by atoms with Crippen molar-refractivity contribution in [2.24, 2.45) is 28.6 Å². The van der Waals surface area contributed by atoms with Gasteiger partial charge in [0.25, 0.3) is 0 Å². The molecule has 5 rings (SSSR count). The van der Waals surface area contributed by atoms with E-state index in [1.165, 1.54) is 36.8 Å². The number of fused-ring (bicyclic) bond motifs is 5. The van der Waals surface area contributed by atoms with Crippen molar-refractivity contribution in [3.8, 4) is 0 Å². The Bertz CT molecular complexity index is 770. The van der Waals surface area contributed by atoms with E-state index in [-0.39, 0.29) is 11.5 Å². The molecule has 0 bridgehead atoms. The molecular weight excluding hydrogens is 320 g/mol. The molecule has 1 N–H and O–H groups in total. The molecule has 6 atom stereocenters. The highest BCUT2D eigenvalue weighted by molar-refractivity contribution is 5.72. The molecule has 0 radical (unpaired) electrons. The first kappa shape index (κ1) is 16.7. The van der Waals surface area contributed by atoms with Crippen LogP contribution in [0.25, 0.3) is 5.57 Å². The van der Waals surface area contributed by atoms with Crippen molar-refractivity contribution in [1.29, 1.82) is 0 Å². The minimum absolute atomic E-state index is 0.113. The summed E-state index contributed by atoms with van der Waals surface area (Å²) in [4.78, 5) is 8.53. The summed E-state index contributed by atoms with van der Waals surface area (Å²) in [6.45, 7) is 4.99. The molecule has 0 aliphatic heterocycles. The number of hydrogen-bond acceptors (Lipinski definition) is 3. The highest BCUT2D eigenvalue weighted by Gasteiger charge is 2.56. The average molecular weight is 351 g/mol. The molecule has 1 aromatic heterocycles. The molecule has 3 nitrogen and oxygen atoms in total. The summed E-state index contributed by atoms with van der Waals surface area (Å²) in [6.07, 6.45) is 18.5. The lowest BCUT2D eigenvalue weighted by molar-refractivity contribution is -0.0238. The van der Waals surface area contributed by atoms with Crippen molar-refractivity contribution in [2.45, 2.75) is 64.9 Å². The van der Waals surface area contributed by atoms with Crippen LogP contribution in [0.2, 0.25) is 0 Å². The van der Waals surface area contributed by atoms with Gasteiger partial charge in [0.15, 0.2) is 0 Å². The van der Waals surface area contributed by atoms with Crippen molar-refractivity contribution in [1.82, 2.24) is 9.97 Å². The molecule has 4 aliphatic carbocycles. The quantitative estimate of drug-likeness (QED) is 0.741. The van der Waals surface area contributed by atoms with E-state index in [1.807, 2.05) is 12.4 Å². The van der Waals surface area contributed by atoms with Crippen LogP contribution < -0.4 is 0 Å². The van der Waals surface area contributed by atoms with Crippen LogP contribution in [0.15, 0.2) is 36.4 Å². The van der Waals surface area contributed by atoms with Gasteiger partial charge in [0.05, 0.1) is 6.10 Å². The lowest BCUT2D eigenvalue weighted by Gasteiger charge is -2.57. The minimum atomic E-state index is -0.113. The molecule has 0 saturated heterocycles. The summed E-state index contributed by atoms with van der Waals surface area (Å²) < 4.78 is 0. The van der Waals surface area contributed by atoms with E-state index in [0.29, 0.717) is 5.41 Å². The second-order valence-corrected chi connectivity index (χ2v) is 9.59. The van der Waals surface area contributed by atoms with Crippen LogP contribution in [0.1, 0.15) is 64.4 Å². The Morgan fingerprint density at radius 2 is 1.73 bits per heavy atom. The van der Waals surface area contributed by atoms with Crippen LogP contribution in [-0.4, -0.2) is 21.2 Å². The third-order valence-electron chi connectivity index (χ3n) is 8.53. The summed E-state index contributed by atoms with van der Waals surface area (Å²) >= 11 is 0. The Balaban J connectivity index is 1.48. The van der Waals surface area contributed by atoms with Gasteiger partial charge in [-0.05, 0) is 79.1 Å². The van der Waals surface area contributed by atoms with Gasteiger partial charge in [0.2, 0.25) is 0 Å². The summed E-state index contributed by atoms with van der Waals surface area (Å²) in [7, 11) is 0. The Kier molecular flexibility index (Phi) is 3.69. The highest BCUT2D eigenvalue weighted by atomic mass is 16.3. The standard InChI is InChI=1S/C23H30N2O/c1-22-9-7-17(26)11-16(22)3-4-18-20-6-5-19(15-12-24-14-25-13-15)23(20,2)10-8-21(18)22/h3,5,12-14,17-18,20-21,26H,4,6-11H2,1-2H3/t17-,18-,20-,21-,22-,23+/m0/s1. The normalized spacial score (nSPS) is 44.4. The molecule has 1 aromatic rings. The van der Waals surface area contributed by atoms with Gasteiger partial charge < -0.3 is 5.11 Å². The molecule has 4 aliphatic rings. The predicted octanol–water partition coefficient (Wildman–Crippen LogP) is 4.79. The SMILES string of the molecule is C[C@]12CC[C@H](O)CC1=CC[C@@H]1[C@@H]2CC[C@]2(C)C(c3cncnc3)=CC[C@@H]12. The first-order valence-corrected chi connectivity index (χ1v) is 10.4. The lowest BCUT2D eigenvalue weighted by atomic mass is 9.47. The number of aliphatic hydroxyl groups is 1. The molecule has 2 saturated carbocycles. The fourth-order valence-electron chi connectivity index (χ4n) is 7.09. The third kappa shape index (κ3) is 2.22. The van der Waals surface area contributed by atoms with Crippen LogP contribution >= 0.6 is 0 Å². The zero-order chi connectivity index (χ0) is 17.9. The molecule has 0 amide bonds. The van der Waals surface area contributed by atoms with Crippen LogP contribution in [0.3, 0.4) is 0 Å². The minimum Gasteiger partial charge on any atom is -0.393 e. The van der Waals surface area contributed by atoms with E-state index in [0.717, 1.165) is 37.0 Å². The number of aliphatic hydroxyl groups excluding tert-OH is 1. The summed E-state index contributed by atoms with van der Waals surface area (Å²) in [6, 6.07) is 0. The molecule has 3 heteroatoms. The van der Waals surface area contributed by atoms with Crippen molar-refractivity contribution >= 4 is 5.57 Å². The van der Waals surface area contributed by atoms with Gasteiger partial charge >= 0.3 is 0 Å². The summed E-state index contributed by atoms with van der Waals surface area (Å²) in [5.74, 6) is 2.29. The van der Waals surface area contributed by atoms with Gasteiger partial charge in [-0.3, -0.25) is 0 Å². The highest BCUT2D eigenvalue weighted by Crippen LogP contribution is 2.66. The lowest BCUT2D eigenvalue weighted by Crippen LogP contribution is -2.49. The molecule has 1 heterocycles. The smallest absolute Gasteiger partial charge is 0.115 e. The third-order valence-corrected chi connectivity index (χ3v) is 8.53. The van der Waals surface area contributed by atoms with Gasteiger partial charge in [-0.2, -0.15) is 0 Å². The molecule has 138 valence electrons. The fourth-order valence-corrected chi connectivity index (χ4v) is 7.09. The monoisotopic (exact) mass is 350 g/mol. The zero-order valence-corrected chi connectivity index (χ0v) is 16.0. The largest absolute Gasteiger partial charge is 0.393 e. The van der Waals surface area contributed by atoms with Crippen LogP contribution in [0.5, 0.6) is 0 Å². The van der Waals surface area contributed by atoms with Gasteiger partial charge in [0, 0.05) is 18.0 Å². The molecule has 2 fully saturated rings. The number of aromatic nitrogens is 2. The maximum Gasteiger partial charge on any atom is 0.115 e. The molecule has 0 spiro atoms. The predicted molar refractivity (Wildman–Crippen MR) is 103 cm³/mol. The zero-order valence-electron chi connectivity index (χ0n) is 16.0. The summed E-state index contributed by atoms with van der Waals surface area (Å²) in [5.41, 5.74) is 4.85. The van der Waals surface area contributed by atoms with Crippen molar-refractivity contribution in [2.75, 3.05) is 0 Å². The second kappa shape index (κ2) is 5.76. The Morgan fingerprint density at radius 1 is 0.962 bits per heavy atom. The fraction of sp³-hybridized carbons (Fsp3) is 0.652. The Labute approximate surface area is 156 Å². The van der Waals surface area contributed by atoms with E-state index >= 15 is 0 Å². The molecular formula is C23H30N2O. The first-order chi connectivity index (χ1) is 12.5. The van der Waals surface area contributed by atoms with E-state index in [4.69, 9.17) is 0 Å². The second-order valence-electron chi connectivity index (χ2n) is 9.59. The molecule has 0 unspecified atom stereocenters. The van der Waals surface area contributed by atoms with Gasteiger partial charge in [-0.1, -0.05) is 31.6 Å². The number of allylic oxidation sites excluding steroid dienone is 3. The van der Waals surface area contributed by atoms with E-state index in [2.05, 4.69) is 36.0 Å². The number of rotatable bonds is 1. The van der Waals surface area contributed by atoms with E-state index < -0.39 is 0 Å². The Morgan fingerprint density at radius 3 is 2.54 bits per heavy atom. The van der Waals surface area contributed by atoms with Gasteiger partial charge in [-0.15, -0.1) is 0 Å². The number of hydrogen-bond donors (Lipinski definition) is 1. The van der Waals surface area contributed by atoms with E-state index in [9.17, 15) is 5.11 Å². The van der Waals surface area contributed by atoms with Crippen molar-refractivity contribution < 1.29 is 5.11 Å². The summed E-state index contributed by atoms with van der Waals surface area (Å²) in [5, 5.41) is 10.1. The van der Waals surface area contributed by atoms with Gasteiger partial charge in [-0.25, -0.2) is 9.97 Å². The van der Waals surface area contributed by atoms with Crippen LogP contribution in [-0.2, 0) is 0 Å². The number of nitrogens with zero attached hydrogens (tertiary/aromatic N) is 2. The maximum atomic E-state index is 10.1. The maximum absolute atomic E-state index is 10.1. The van der Waals surface area contributed by atoms with Crippen molar-refractivity contribution in [3.63, 3.8) is 0 Å². The van der Waals surface area contributed by atoms with Crippen LogP contribution in [0.4, 0.5) is 0 Å². The van der Waals surface area contributed by atoms with Crippen molar-refractivity contribution in [3.05, 3.63) is 42.0 Å². The average Bonchev–Trinajstić information content (AvgIpc) is 3.00. The van der Waals surface area contributed by atoms with Gasteiger partial charge in [0.1, 0.15) is 6.33 Å². The first-order valence-electron chi connectivity index (χ1n) is 10.4. The Hall–Kier alpha value is -1.48.